The van der Waals surface area contributed by atoms with Gasteiger partial charge in [-0.05, 0) is 35.2 Å². The van der Waals surface area contributed by atoms with Crippen molar-refractivity contribution in [2.24, 2.45) is 0 Å². The average molecular weight is 251 g/mol. The van der Waals surface area contributed by atoms with Gasteiger partial charge in [0.05, 0.1) is 12.7 Å². The first kappa shape index (κ1) is 13.2. The Morgan fingerprint density at radius 1 is 1.05 bits per heavy atom. The molecule has 0 spiro atoms. The summed E-state index contributed by atoms with van der Waals surface area (Å²) in [5.74, 6) is 0.619. The molecule has 0 aliphatic heterocycles. The Balaban J connectivity index is 2.34. The molecule has 0 saturated carbocycles. The number of nitrogens with zero attached hydrogens (tertiary/aromatic N) is 1. The smallest absolute Gasteiger partial charge is 0.136 e. The minimum Gasteiger partial charge on any atom is -0.495 e. The maximum absolute atomic E-state index is 9.10. The van der Waals surface area contributed by atoms with E-state index in [1.807, 2.05) is 18.2 Å². The van der Waals surface area contributed by atoms with Gasteiger partial charge in [0.2, 0.25) is 0 Å². The van der Waals surface area contributed by atoms with E-state index in [9.17, 15) is 0 Å². The van der Waals surface area contributed by atoms with Gasteiger partial charge in [-0.3, -0.25) is 0 Å². The molecule has 0 bridgehead atoms. The van der Waals surface area contributed by atoms with Crippen LogP contribution in [0.25, 0.3) is 11.1 Å². The van der Waals surface area contributed by atoms with Gasteiger partial charge in [0, 0.05) is 0 Å². The molecular weight excluding hydrogens is 234 g/mol. The zero-order chi connectivity index (χ0) is 13.7. The standard InChI is InChI=1S/C17H17NO/c1-3-4-13-5-7-14(8-6-13)15-9-10-17(19-2)16(11-15)12-18/h5-11H,3-4H2,1-2H3. The maximum Gasteiger partial charge on any atom is 0.136 e. The first-order chi connectivity index (χ1) is 9.28. The van der Waals surface area contributed by atoms with Gasteiger partial charge in [0.25, 0.3) is 0 Å². The summed E-state index contributed by atoms with van der Waals surface area (Å²) >= 11 is 0. The molecule has 0 N–H and O–H groups in total. The Morgan fingerprint density at radius 3 is 2.32 bits per heavy atom. The largest absolute Gasteiger partial charge is 0.495 e. The third-order valence-electron chi connectivity index (χ3n) is 3.15. The Bertz CT molecular complexity index is 594. The number of hydrogen-bond acceptors (Lipinski definition) is 2. The molecule has 0 atom stereocenters. The average Bonchev–Trinajstić information content (AvgIpc) is 2.47. The Labute approximate surface area is 114 Å². The topological polar surface area (TPSA) is 33.0 Å². The highest BCUT2D eigenvalue weighted by molar-refractivity contribution is 5.67. The van der Waals surface area contributed by atoms with E-state index < -0.39 is 0 Å². The molecule has 0 amide bonds. The molecule has 2 heteroatoms. The lowest BCUT2D eigenvalue weighted by Crippen LogP contribution is -1.89. The number of ether oxygens (including phenoxy) is 1. The normalized spacial score (nSPS) is 9.95. The minimum absolute atomic E-state index is 0.567. The van der Waals surface area contributed by atoms with Crippen LogP contribution >= 0.6 is 0 Å². The summed E-state index contributed by atoms with van der Waals surface area (Å²) in [4.78, 5) is 0. The highest BCUT2D eigenvalue weighted by Crippen LogP contribution is 2.26. The summed E-state index contributed by atoms with van der Waals surface area (Å²) in [7, 11) is 1.58. The summed E-state index contributed by atoms with van der Waals surface area (Å²) in [6.45, 7) is 2.18. The first-order valence-corrected chi connectivity index (χ1v) is 6.46. The SMILES string of the molecule is CCCc1ccc(-c2ccc(OC)c(C#N)c2)cc1. The van der Waals surface area contributed by atoms with Crippen LogP contribution < -0.4 is 4.74 Å². The van der Waals surface area contributed by atoms with Crippen LogP contribution in [0.1, 0.15) is 24.5 Å². The van der Waals surface area contributed by atoms with E-state index in [0.717, 1.165) is 24.0 Å². The van der Waals surface area contributed by atoms with Crippen molar-refractivity contribution < 1.29 is 4.74 Å². The molecule has 96 valence electrons. The van der Waals surface area contributed by atoms with Crippen molar-refractivity contribution in [3.05, 3.63) is 53.6 Å². The Kier molecular flexibility index (Phi) is 4.20. The molecule has 0 fully saturated rings. The zero-order valence-corrected chi connectivity index (χ0v) is 11.3. The second-order valence-corrected chi connectivity index (χ2v) is 4.47. The highest BCUT2D eigenvalue weighted by atomic mass is 16.5. The fraction of sp³-hybridized carbons (Fsp3) is 0.235. The van der Waals surface area contributed by atoms with E-state index in [2.05, 4.69) is 37.3 Å². The van der Waals surface area contributed by atoms with Crippen LogP contribution in [0.3, 0.4) is 0 Å². The monoisotopic (exact) mass is 251 g/mol. The van der Waals surface area contributed by atoms with Crippen molar-refractivity contribution in [3.63, 3.8) is 0 Å². The van der Waals surface area contributed by atoms with Crippen molar-refractivity contribution in [3.8, 4) is 22.9 Å². The lowest BCUT2D eigenvalue weighted by atomic mass is 10.0. The van der Waals surface area contributed by atoms with E-state index in [1.165, 1.54) is 5.56 Å². The zero-order valence-electron chi connectivity index (χ0n) is 11.3. The molecule has 0 heterocycles. The summed E-state index contributed by atoms with van der Waals surface area (Å²) in [6, 6.07) is 16.4. The van der Waals surface area contributed by atoms with Crippen LogP contribution in [0.4, 0.5) is 0 Å². The number of benzene rings is 2. The van der Waals surface area contributed by atoms with Crippen molar-refractivity contribution in [2.45, 2.75) is 19.8 Å². The second-order valence-electron chi connectivity index (χ2n) is 4.47. The van der Waals surface area contributed by atoms with Gasteiger partial charge in [-0.2, -0.15) is 5.26 Å². The lowest BCUT2D eigenvalue weighted by molar-refractivity contribution is 0.413. The molecule has 0 aromatic heterocycles. The fourth-order valence-electron chi connectivity index (χ4n) is 2.13. The van der Waals surface area contributed by atoms with E-state index in [0.29, 0.717) is 11.3 Å². The third kappa shape index (κ3) is 2.95. The number of nitriles is 1. The molecule has 2 aromatic rings. The van der Waals surface area contributed by atoms with Gasteiger partial charge in [0.15, 0.2) is 0 Å². The van der Waals surface area contributed by atoms with Gasteiger partial charge in [0.1, 0.15) is 11.8 Å². The molecule has 0 aliphatic rings. The van der Waals surface area contributed by atoms with Crippen molar-refractivity contribution >= 4 is 0 Å². The van der Waals surface area contributed by atoms with E-state index in [4.69, 9.17) is 10.00 Å². The van der Waals surface area contributed by atoms with E-state index >= 15 is 0 Å². The third-order valence-corrected chi connectivity index (χ3v) is 3.15. The van der Waals surface area contributed by atoms with Crippen LogP contribution in [0.15, 0.2) is 42.5 Å². The first-order valence-electron chi connectivity index (χ1n) is 6.46. The van der Waals surface area contributed by atoms with Gasteiger partial charge < -0.3 is 4.74 Å². The maximum atomic E-state index is 9.10. The molecule has 0 radical (unpaired) electrons. The number of rotatable bonds is 4. The van der Waals surface area contributed by atoms with Crippen molar-refractivity contribution in [1.29, 1.82) is 5.26 Å². The van der Waals surface area contributed by atoms with Crippen molar-refractivity contribution in [1.82, 2.24) is 0 Å². The van der Waals surface area contributed by atoms with Gasteiger partial charge in [-0.1, -0.05) is 43.7 Å². The van der Waals surface area contributed by atoms with Gasteiger partial charge in [-0.25, -0.2) is 0 Å². The van der Waals surface area contributed by atoms with E-state index in [1.54, 1.807) is 7.11 Å². The predicted octanol–water partition coefficient (Wildman–Crippen LogP) is 4.19. The predicted molar refractivity (Wildman–Crippen MR) is 77.1 cm³/mol. The molecule has 0 saturated heterocycles. The molecular formula is C17H17NO. The molecule has 2 rings (SSSR count). The van der Waals surface area contributed by atoms with Crippen molar-refractivity contribution in [2.75, 3.05) is 7.11 Å². The van der Waals surface area contributed by atoms with E-state index in [-0.39, 0.29) is 0 Å². The summed E-state index contributed by atoms with van der Waals surface area (Å²) in [6.07, 6.45) is 2.26. The lowest BCUT2D eigenvalue weighted by Gasteiger charge is -2.07. The fourth-order valence-corrected chi connectivity index (χ4v) is 2.13. The summed E-state index contributed by atoms with van der Waals surface area (Å²) in [5.41, 5.74) is 4.08. The van der Waals surface area contributed by atoms with Crippen LogP contribution in [0.5, 0.6) is 5.75 Å². The van der Waals surface area contributed by atoms with Crippen LogP contribution in [0, 0.1) is 11.3 Å². The van der Waals surface area contributed by atoms with Crippen LogP contribution in [-0.2, 0) is 6.42 Å². The Morgan fingerprint density at radius 2 is 1.74 bits per heavy atom. The van der Waals surface area contributed by atoms with Gasteiger partial charge in [-0.15, -0.1) is 0 Å². The van der Waals surface area contributed by atoms with Crippen LogP contribution in [-0.4, -0.2) is 7.11 Å². The molecule has 0 aliphatic carbocycles. The second kappa shape index (κ2) is 6.06. The van der Waals surface area contributed by atoms with Crippen LogP contribution in [0.2, 0.25) is 0 Å². The number of methoxy groups -OCH3 is 1. The highest BCUT2D eigenvalue weighted by Gasteiger charge is 2.05. The quantitative estimate of drug-likeness (QED) is 0.816. The Hall–Kier alpha value is -2.27. The summed E-state index contributed by atoms with van der Waals surface area (Å²) < 4.78 is 5.16. The molecule has 0 unspecified atom stereocenters. The summed E-state index contributed by atoms with van der Waals surface area (Å²) in [5, 5.41) is 9.10. The number of aryl methyl sites for hydroxylation is 1. The number of hydrogen-bond donors (Lipinski definition) is 0. The minimum atomic E-state index is 0.567. The molecule has 2 aromatic carbocycles. The van der Waals surface area contributed by atoms with Gasteiger partial charge >= 0.3 is 0 Å². The molecule has 2 nitrogen and oxygen atoms in total. The molecule has 19 heavy (non-hydrogen) atoms.